The number of likely N-dealkylation sites (N-methyl/N-ethyl adjacent to an activating group) is 1. The van der Waals surface area contributed by atoms with E-state index >= 15 is 0 Å². The molecule has 8 nitrogen and oxygen atoms in total. The average Bonchev–Trinajstić information content (AvgIpc) is 3.23. The molecule has 3 aromatic rings. The number of fused-ring (bicyclic) bond motifs is 1. The summed E-state index contributed by atoms with van der Waals surface area (Å²) in [5, 5.41) is 13.9. The van der Waals surface area contributed by atoms with Crippen LogP contribution in [0, 0.1) is 13.8 Å². The number of tetrazole rings is 1. The first-order valence-corrected chi connectivity index (χ1v) is 11.1. The summed E-state index contributed by atoms with van der Waals surface area (Å²) in [6, 6.07) is 5.91. The van der Waals surface area contributed by atoms with Crippen molar-refractivity contribution in [1.82, 2.24) is 35.0 Å². The number of pyridine rings is 1. The van der Waals surface area contributed by atoms with Crippen LogP contribution >= 0.6 is 0 Å². The molecule has 166 valence electrons. The van der Waals surface area contributed by atoms with Gasteiger partial charge in [-0.2, -0.15) is 0 Å². The van der Waals surface area contributed by atoms with Crippen LogP contribution in [-0.2, 0) is 5.54 Å². The fraction of sp³-hybridized carbons (Fsp3) is 0.565. The lowest BCUT2D eigenvalue weighted by molar-refractivity contribution is 0.117. The third-order valence-electron chi connectivity index (χ3n) is 6.85. The highest BCUT2D eigenvalue weighted by atomic mass is 16.1. The van der Waals surface area contributed by atoms with Gasteiger partial charge in [0.15, 0.2) is 5.82 Å². The fourth-order valence-corrected chi connectivity index (χ4v) is 4.32. The minimum absolute atomic E-state index is 0.0750. The first-order valence-electron chi connectivity index (χ1n) is 11.1. The molecule has 31 heavy (non-hydrogen) atoms. The predicted molar refractivity (Wildman–Crippen MR) is 122 cm³/mol. The molecule has 0 amide bonds. The Kier molecular flexibility index (Phi) is 5.70. The van der Waals surface area contributed by atoms with E-state index in [4.69, 9.17) is 0 Å². The quantitative estimate of drug-likeness (QED) is 0.679. The molecule has 1 aliphatic heterocycles. The van der Waals surface area contributed by atoms with Crippen molar-refractivity contribution in [3.05, 3.63) is 51.1 Å². The van der Waals surface area contributed by atoms with Crippen molar-refractivity contribution in [1.29, 1.82) is 0 Å². The van der Waals surface area contributed by atoms with Crippen LogP contribution in [0.2, 0.25) is 0 Å². The van der Waals surface area contributed by atoms with E-state index in [1.807, 2.05) is 11.6 Å². The largest absolute Gasteiger partial charge is 0.321 e. The van der Waals surface area contributed by atoms with Crippen molar-refractivity contribution in [3.63, 3.8) is 0 Å². The van der Waals surface area contributed by atoms with Crippen LogP contribution in [0.15, 0.2) is 23.0 Å². The van der Waals surface area contributed by atoms with Gasteiger partial charge >= 0.3 is 0 Å². The number of nitrogens with one attached hydrogen (secondary N) is 1. The Bertz CT molecular complexity index is 1140. The molecular weight excluding hydrogens is 390 g/mol. The maximum Gasteiger partial charge on any atom is 0.253 e. The van der Waals surface area contributed by atoms with Crippen LogP contribution < -0.4 is 5.56 Å². The molecule has 0 radical (unpaired) electrons. The lowest BCUT2D eigenvalue weighted by Crippen LogP contribution is -2.48. The highest BCUT2D eigenvalue weighted by Gasteiger charge is 2.35. The molecule has 4 rings (SSSR count). The van der Waals surface area contributed by atoms with Crippen molar-refractivity contribution < 1.29 is 0 Å². The van der Waals surface area contributed by atoms with Gasteiger partial charge < -0.3 is 9.88 Å². The number of aromatic nitrogens is 5. The van der Waals surface area contributed by atoms with Crippen LogP contribution in [0.3, 0.4) is 0 Å². The molecular formula is C23H33N7O. The summed E-state index contributed by atoms with van der Waals surface area (Å²) >= 11 is 0. The number of piperazine rings is 1. The maximum atomic E-state index is 13.4. The second-order valence-electron chi connectivity index (χ2n) is 9.40. The van der Waals surface area contributed by atoms with E-state index in [-0.39, 0.29) is 17.1 Å². The van der Waals surface area contributed by atoms with E-state index in [0.717, 1.165) is 60.5 Å². The normalized spacial score (nSPS) is 17.4. The summed E-state index contributed by atoms with van der Waals surface area (Å²) in [6.07, 6.45) is 0.882. The molecule has 1 fully saturated rings. The lowest BCUT2D eigenvalue weighted by atomic mass is 9.97. The Morgan fingerprint density at radius 1 is 1.13 bits per heavy atom. The Morgan fingerprint density at radius 3 is 2.48 bits per heavy atom. The second-order valence-corrected chi connectivity index (χ2v) is 9.40. The number of hydrogen-bond donors (Lipinski definition) is 1. The predicted octanol–water partition coefficient (Wildman–Crippen LogP) is 2.61. The zero-order valence-electron chi connectivity index (χ0n) is 19.4. The monoisotopic (exact) mass is 423 g/mol. The van der Waals surface area contributed by atoms with Gasteiger partial charge in [0.05, 0.1) is 11.1 Å². The molecule has 8 heteroatoms. The van der Waals surface area contributed by atoms with Gasteiger partial charge in [-0.05, 0) is 68.8 Å². The van der Waals surface area contributed by atoms with Crippen molar-refractivity contribution in [2.24, 2.45) is 0 Å². The highest BCUT2D eigenvalue weighted by molar-refractivity contribution is 5.85. The Hall–Kier alpha value is -2.58. The summed E-state index contributed by atoms with van der Waals surface area (Å²) < 4.78 is 1.91. The van der Waals surface area contributed by atoms with Crippen LogP contribution in [0.1, 0.15) is 55.7 Å². The first kappa shape index (κ1) is 21.6. The number of H-pyrrole nitrogens is 1. The number of aromatic amines is 1. The van der Waals surface area contributed by atoms with Crippen molar-refractivity contribution in [2.45, 2.75) is 52.6 Å². The third-order valence-corrected chi connectivity index (χ3v) is 6.85. The standard InChI is InChI=1S/C23H33N7O/c1-7-23(4,5)30-21(25-26-27-30)20(29-12-10-28(6)11-13-29)18-14-17-15(2)8-9-16(3)19(17)24-22(18)31/h8-9,14,20H,7,10-13H2,1-6H3,(H,24,31). The molecule has 3 heterocycles. The van der Waals surface area contributed by atoms with Crippen LogP contribution in [0.4, 0.5) is 0 Å². The Morgan fingerprint density at radius 2 is 1.81 bits per heavy atom. The van der Waals surface area contributed by atoms with Crippen LogP contribution in [0.5, 0.6) is 0 Å². The van der Waals surface area contributed by atoms with Crippen molar-refractivity contribution in [3.8, 4) is 0 Å². The Labute approximate surface area is 183 Å². The smallest absolute Gasteiger partial charge is 0.253 e. The molecule has 1 N–H and O–H groups in total. The van der Waals surface area contributed by atoms with Crippen molar-refractivity contribution in [2.75, 3.05) is 33.2 Å². The van der Waals surface area contributed by atoms with Gasteiger partial charge in [0, 0.05) is 37.1 Å². The summed E-state index contributed by atoms with van der Waals surface area (Å²) in [5.74, 6) is 0.728. The van der Waals surface area contributed by atoms with E-state index in [9.17, 15) is 4.79 Å². The van der Waals surface area contributed by atoms with E-state index in [2.05, 4.69) is 83.3 Å². The molecule has 1 aromatic carbocycles. The van der Waals surface area contributed by atoms with E-state index in [1.165, 1.54) is 0 Å². The minimum atomic E-state index is -0.303. The van der Waals surface area contributed by atoms with E-state index in [1.54, 1.807) is 0 Å². The molecule has 1 atom stereocenters. The topological polar surface area (TPSA) is 82.9 Å². The fourth-order valence-electron chi connectivity index (χ4n) is 4.32. The van der Waals surface area contributed by atoms with Gasteiger partial charge in [-0.1, -0.05) is 19.1 Å². The van der Waals surface area contributed by atoms with Gasteiger partial charge in [-0.25, -0.2) is 4.68 Å². The molecule has 0 bridgehead atoms. The highest BCUT2D eigenvalue weighted by Crippen LogP contribution is 2.31. The molecule has 2 aromatic heterocycles. The van der Waals surface area contributed by atoms with Gasteiger partial charge in [-0.15, -0.1) is 5.10 Å². The molecule has 0 aliphatic carbocycles. The van der Waals surface area contributed by atoms with E-state index in [0.29, 0.717) is 5.56 Å². The average molecular weight is 424 g/mol. The number of rotatable bonds is 5. The van der Waals surface area contributed by atoms with Crippen LogP contribution in [-0.4, -0.2) is 68.2 Å². The zero-order chi connectivity index (χ0) is 22.3. The number of hydrogen-bond acceptors (Lipinski definition) is 6. The number of aryl methyl sites for hydroxylation is 2. The second kappa shape index (κ2) is 8.16. The number of benzene rings is 1. The lowest BCUT2D eigenvalue weighted by Gasteiger charge is -2.38. The molecule has 0 saturated carbocycles. The zero-order valence-corrected chi connectivity index (χ0v) is 19.4. The molecule has 1 unspecified atom stereocenters. The SMILES string of the molecule is CCC(C)(C)n1nnnc1C(c1cc2c(C)ccc(C)c2[nH]c1=O)N1CCN(C)CC1. The third kappa shape index (κ3) is 3.90. The summed E-state index contributed by atoms with van der Waals surface area (Å²) in [7, 11) is 2.13. The summed E-state index contributed by atoms with van der Waals surface area (Å²) in [6.45, 7) is 14.1. The van der Waals surface area contributed by atoms with Gasteiger partial charge in [-0.3, -0.25) is 9.69 Å². The summed E-state index contributed by atoms with van der Waals surface area (Å²) in [4.78, 5) is 21.2. The minimum Gasteiger partial charge on any atom is -0.321 e. The van der Waals surface area contributed by atoms with Gasteiger partial charge in [0.25, 0.3) is 5.56 Å². The van der Waals surface area contributed by atoms with Gasteiger partial charge in [0.1, 0.15) is 6.04 Å². The first-order chi connectivity index (χ1) is 14.7. The molecule has 0 spiro atoms. The number of nitrogens with zero attached hydrogens (tertiary/aromatic N) is 6. The summed E-state index contributed by atoms with van der Waals surface area (Å²) in [5.41, 5.74) is 3.49. The van der Waals surface area contributed by atoms with Crippen LogP contribution in [0.25, 0.3) is 10.9 Å². The maximum absolute atomic E-state index is 13.4. The molecule has 1 aliphatic rings. The van der Waals surface area contributed by atoms with Crippen molar-refractivity contribution >= 4 is 10.9 Å². The Balaban J connectivity index is 1.93. The van der Waals surface area contributed by atoms with Gasteiger partial charge in [0.2, 0.25) is 0 Å². The molecule has 1 saturated heterocycles. The van der Waals surface area contributed by atoms with E-state index < -0.39 is 0 Å².